The summed E-state index contributed by atoms with van der Waals surface area (Å²) < 4.78 is 6.74. The van der Waals surface area contributed by atoms with E-state index in [2.05, 4.69) is 4.98 Å². The van der Waals surface area contributed by atoms with Crippen molar-refractivity contribution in [2.75, 3.05) is 0 Å². The monoisotopic (exact) mass is 438 g/mol. The van der Waals surface area contributed by atoms with Crippen LogP contribution in [-0.4, -0.2) is 15.5 Å². The first-order chi connectivity index (χ1) is 14.5. The molecule has 4 aromatic rings. The summed E-state index contributed by atoms with van der Waals surface area (Å²) in [7, 11) is 0. The molecule has 2 aromatic heterocycles. The van der Waals surface area contributed by atoms with Crippen molar-refractivity contribution in [1.82, 2.24) is 9.55 Å². The number of esters is 1. The highest BCUT2D eigenvalue weighted by atomic mass is 35.5. The number of thiophene rings is 1. The molecule has 4 rings (SSSR count). The van der Waals surface area contributed by atoms with Crippen molar-refractivity contribution in [2.45, 2.75) is 26.5 Å². The molecule has 0 radical (unpaired) electrons. The van der Waals surface area contributed by atoms with Gasteiger partial charge in [-0.25, -0.2) is 9.78 Å². The molecule has 0 spiro atoms. The average Bonchev–Trinajstić information content (AvgIpc) is 3.10. The number of fused-ring (bicyclic) bond motifs is 1. The highest BCUT2D eigenvalue weighted by Crippen LogP contribution is 2.36. The van der Waals surface area contributed by atoms with Crippen LogP contribution in [0.5, 0.6) is 0 Å². The van der Waals surface area contributed by atoms with E-state index in [9.17, 15) is 9.59 Å². The number of nitrogens with zero attached hydrogens (tertiary/aromatic N) is 2. The first kappa shape index (κ1) is 20.3. The molecule has 0 saturated heterocycles. The number of hydrogen-bond acceptors (Lipinski definition) is 5. The summed E-state index contributed by atoms with van der Waals surface area (Å²) in [5.74, 6) is -0.484. The summed E-state index contributed by atoms with van der Waals surface area (Å²) in [6.45, 7) is 3.75. The molecule has 0 amide bonds. The number of rotatable bonds is 5. The van der Waals surface area contributed by atoms with E-state index in [0.717, 1.165) is 21.6 Å². The smallest absolute Gasteiger partial charge is 0.329 e. The van der Waals surface area contributed by atoms with E-state index in [1.165, 1.54) is 22.2 Å². The van der Waals surface area contributed by atoms with Gasteiger partial charge in [0.25, 0.3) is 5.56 Å². The standard InChI is InChI=1S/C23H19ClN2O3S/c1-14(23(28)29-12-16-6-4-3-5-7-16)26-13-25-21-20(22(26)27)19(15(2)30-21)17-8-10-18(24)11-9-17/h3-11,13-14H,12H2,1-2H3. The van der Waals surface area contributed by atoms with Gasteiger partial charge in [0.15, 0.2) is 0 Å². The van der Waals surface area contributed by atoms with Gasteiger partial charge in [0.2, 0.25) is 0 Å². The number of ether oxygens (including phenoxy) is 1. The molecule has 5 nitrogen and oxygen atoms in total. The summed E-state index contributed by atoms with van der Waals surface area (Å²) in [6, 6.07) is 16.0. The number of halogens is 1. The number of carbonyl (C=O) groups excluding carboxylic acids is 1. The second kappa shape index (κ2) is 8.42. The van der Waals surface area contributed by atoms with Crippen molar-refractivity contribution in [3.05, 3.63) is 86.7 Å². The van der Waals surface area contributed by atoms with Crippen LogP contribution in [0, 0.1) is 6.92 Å². The lowest BCUT2D eigenvalue weighted by atomic mass is 10.0. The maximum atomic E-state index is 13.3. The molecule has 1 atom stereocenters. The maximum Gasteiger partial charge on any atom is 0.329 e. The molecule has 0 fully saturated rings. The van der Waals surface area contributed by atoms with Gasteiger partial charge in [0.1, 0.15) is 17.5 Å². The predicted molar refractivity (Wildman–Crippen MR) is 120 cm³/mol. The van der Waals surface area contributed by atoms with E-state index in [1.807, 2.05) is 49.4 Å². The highest BCUT2D eigenvalue weighted by Gasteiger charge is 2.22. The third-order valence-corrected chi connectivity index (χ3v) is 6.19. The van der Waals surface area contributed by atoms with Gasteiger partial charge in [-0.1, -0.05) is 54.1 Å². The molecule has 152 valence electrons. The van der Waals surface area contributed by atoms with E-state index in [4.69, 9.17) is 16.3 Å². The molecule has 0 aliphatic carbocycles. The van der Waals surface area contributed by atoms with Crippen molar-refractivity contribution in [2.24, 2.45) is 0 Å². The van der Waals surface area contributed by atoms with Crippen molar-refractivity contribution in [3.63, 3.8) is 0 Å². The fourth-order valence-corrected chi connectivity index (χ4v) is 4.45. The van der Waals surface area contributed by atoms with Crippen molar-refractivity contribution in [3.8, 4) is 11.1 Å². The van der Waals surface area contributed by atoms with Crippen LogP contribution >= 0.6 is 22.9 Å². The van der Waals surface area contributed by atoms with Crippen LogP contribution in [0.4, 0.5) is 0 Å². The Morgan fingerprint density at radius 1 is 1.17 bits per heavy atom. The summed E-state index contributed by atoms with van der Waals surface area (Å²) in [6.07, 6.45) is 1.42. The fraction of sp³-hybridized carbons (Fsp3) is 0.174. The van der Waals surface area contributed by atoms with Gasteiger partial charge in [-0.3, -0.25) is 9.36 Å². The Hall–Kier alpha value is -2.96. The third-order valence-electron chi connectivity index (χ3n) is 4.93. The van der Waals surface area contributed by atoms with Crippen LogP contribution in [0.15, 0.2) is 65.7 Å². The van der Waals surface area contributed by atoms with Crippen molar-refractivity contribution >= 4 is 39.1 Å². The van der Waals surface area contributed by atoms with Gasteiger partial charge >= 0.3 is 5.97 Å². The van der Waals surface area contributed by atoms with Crippen molar-refractivity contribution in [1.29, 1.82) is 0 Å². The lowest BCUT2D eigenvalue weighted by molar-refractivity contribution is -0.148. The van der Waals surface area contributed by atoms with Crippen LogP contribution in [0.1, 0.15) is 23.4 Å². The lowest BCUT2D eigenvalue weighted by Crippen LogP contribution is -2.29. The van der Waals surface area contributed by atoms with Gasteiger partial charge in [-0.2, -0.15) is 0 Å². The number of aromatic nitrogens is 2. The Balaban J connectivity index is 1.69. The SMILES string of the molecule is Cc1sc2ncn(C(C)C(=O)OCc3ccccc3)c(=O)c2c1-c1ccc(Cl)cc1. The minimum absolute atomic E-state index is 0.155. The normalized spacial score (nSPS) is 12.1. The summed E-state index contributed by atoms with van der Waals surface area (Å²) in [5, 5.41) is 1.13. The molecule has 2 heterocycles. The van der Waals surface area contributed by atoms with E-state index in [0.29, 0.717) is 15.2 Å². The first-order valence-corrected chi connectivity index (χ1v) is 10.6. The zero-order valence-electron chi connectivity index (χ0n) is 16.5. The van der Waals surface area contributed by atoms with Crippen LogP contribution in [0.2, 0.25) is 5.02 Å². The van der Waals surface area contributed by atoms with Gasteiger partial charge < -0.3 is 4.74 Å². The van der Waals surface area contributed by atoms with Crippen LogP contribution in [0.25, 0.3) is 21.3 Å². The summed E-state index contributed by atoms with van der Waals surface area (Å²) in [5.41, 5.74) is 2.33. The fourth-order valence-electron chi connectivity index (χ4n) is 3.32. The Morgan fingerprint density at radius 3 is 2.57 bits per heavy atom. The molecular weight excluding hydrogens is 420 g/mol. The number of aryl methyl sites for hydroxylation is 1. The van der Waals surface area contributed by atoms with Crippen LogP contribution in [0.3, 0.4) is 0 Å². The third kappa shape index (κ3) is 3.88. The number of hydrogen-bond donors (Lipinski definition) is 0. The van der Waals surface area contributed by atoms with Gasteiger partial charge in [-0.05, 0) is 37.1 Å². The van der Waals surface area contributed by atoms with E-state index in [-0.39, 0.29) is 12.2 Å². The topological polar surface area (TPSA) is 61.2 Å². The Bertz CT molecular complexity index is 1260. The minimum atomic E-state index is -0.795. The second-order valence-corrected chi connectivity index (χ2v) is 8.59. The zero-order valence-corrected chi connectivity index (χ0v) is 18.0. The second-order valence-electron chi connectivity index (χ2n) is 6.95. The average molecular weight is 439 g/mol. The Labute approximate surface area is 182 Å². The largest absolute Gasteiger partial charge is 0.459 e. The molecule has 0 aliphatic heterocycles. The lowest BCUT2D eigenvalue weighted by Gasteiger charge is -2.14. The van der Waals surface area contributed by atoms with Gasteiger partial charge in [-0.15, -0.1) is 11.3 Å². The molecule has 0 N–H and O–H groups in total. The molecule has 0 bridgehead atoms. The van der Waals surface area contributed by atoms with E-state index in [1.54, 1.807) is 19.1 Å². The minimum Gasteiger partial charge on any atom is -0.459 e. The predicted octanol–water partition coefficient (Wildman–Crippen LogP) is 5.39. The quantitative estimate of drug-likeness (QED) is 0.392. The molecule has 0 aliphatic rings. The molecular formula is C23H19ClN2O3S. The van der Waals surface area contributed by atoms with Gasteiger partial charge in [0.05, 0.1) is 11.7 Å². The molecule has 30 heavy (non-hydrogen) atoms. The Morgan fingerprint density at radius 2 is 1.87 bits per heavy atom. The molecule has 2 aromatic carbocycles. The first-order valence-electron chi connectivity index (χ1n) is 9.42. The van der Waals surface area contributed by atoms with E-state index >= 15 is 0 Å². The van der Waals surface area contributed by atoms with Gasteiger partial charge in [0, 0.05) is 15.5 Å². The number of benzene rings is 2. The molecule has 7 heteroatoms. The highest BCUT2D eigenvalue weighted by molar-refractivity contribution is 7.19. The Kier molecular flexibility index (Phi) is 5.70. The number of carbonyl (C=O) groups is 1. The van der Waals surface area contributed by atoms with Crippen LogP contribution in [-0.2, 0) is 16.1 Å². The zero-order chi connectivity index (χ0) is 21.3. The maximum absolute atomic E-state index is 13.3. The molecule has 1 unspecified atom stereocenters. The van der Waals surface area contributed by atoms with Crippen molar-refractivity contribution < 1.29 is 9.53 Å². The molecule has 0 saturated carbocycles. The summed E-state index contributed by atoms with van der Waals surface area (Å²) >= 11 is 7.47. The van der Waals surface area contributed by atoms with Crippen LogP contribution < -0.4 is 5.56 Å². The summed E-state index contributed by atoms with van der Waals surface area (Å²) in [4.78, 5) is 32.0. The van der Waals surface area contributed by atoms with E-state index < -0.39 is 12.0 Å².